The lowest BCUT2D eigenvalue weighted by Gasteiger charge is -2.34. The van der Waals surface area contributed by atoms with E-state index < -0.39 is 0 Å². The summed E-state index contributed by atoms with van der Waals surface area (Å²) in [6.45, 7) is 9.27. The molecule has 1 fully saturated rings. The van der Waals surface area contributed by atoms with Crippen LogP contribution < -0.4 is 15.0 Å². The predicted octanol–water partition coefficient (Wildman–Crippen LogP) is 3.99. The topological polar surface area (TPSA) is 77.3 Å². The second kappa shape index (κ2) is 8.51. The highest BCUT2D eigenvalue weighted by atomic mass is 16.5. The van der Waals surface area contributed by atoms with E-state index in [-0.39, 0.29) is 12.1 Å². The highest BCUT2D eigenvalue weighted by molar-refractivity contribution is 5.65. The summed E-state index contributed by atoms with van der Waals surface area (Å²) in [5.41, 5.74) is 6.20. The van der Waals surface area contributed by atoms with Gasteiger partial charge in [0.25, 0.3) is 0 Å². The van der Waals surface area contributed by atoms with Crippen molar-refractivity contribution in [3.05, 3.63) is 59.8 Å². The highest BCUT2D eigenvalue weighted by Gasteiger charge is 2.40. The molecule has 2 aliphatic rings. The molecule has 0 radical (unpaired) electrons. The summed E-state index contributed by atoms with van der Waals surface area (Å²) in [6, 6.07) is 6.24. The first-order valence-corrected chi connectivity index (χ1v) is 11.3. The number of benzene rings is 1. The van der Waals surface area contributed by atoms with Crippen LogP contribution in [0, 0.1) is 6.92 Å². The van der Waals surface area contributed by atoms with Crippen molar-refractivity contribution in [2.45, 2.75) is 45.3 Å². The number of fused-ring (bicyclic) bond motifs is 3. The number of aryl methyl sites for hydroxylation is 2. The molecule has 0 amide bonds. The summed E-state index contributed by atoms with van der Waals surface area (Å²) < 4.78 is 13.3. The van der Waals surface area contributed by atoms with Crippen molar-refractivity contribution in [1.29, 1.82) is 0 Å². The van der Waals surface area contributed by atoms with Crippen LogP contribution in [0.25, 0.3) is 5.69 Å². The van der Waals surface area contributed by atoms with E-state index in [1.807, 2.05) is 35.9 Å². The predicted molar refractivity (Wildman–Crippen MR) is 129 cm³/mol. The number of nitrogens with zero attached hydrogens (tertiary/aromatic N) is 5. The summed E-state index contributed by atoms with van der Waals surface area (Å²) in [6.07, 6.45) is 6.56. The van der Waals surface area contributed by atoms with E-state index in [1.165, 1.54) is 11.1 Å². The second-order valence-electron chi connectivity index (χ2n) is 8.68. The Labute approximate surface area is 194 Å². The Kier molecular flexibility index (Phi) is 5.54. The average Bonchev–Trinajstić information content (AvgIpc) is 3.46. The lowest BCUT2D eigenvalue weighted by Crippen LogP contribution is -2.37. The minimum Gasteiger partial charge on any atom is -0.494 e. The van der Waals surface area contributed by atoms with Gasteiger partial charge in [0.05, 0.1) is 42.7 Å². The molecule has 1 saturated heterocycles. The molecule has 4 heterocycles. The molecule has 0 aliphatic carbocycles. The number of rotatable bonds is 6. The van der Waals surface area contributed by atoms with Gasteiger partial charge in [0.2, 0.25) is 5.95 Å². The Morgan fingerprint density at radius 3 is 2.79 bits per heavy atom. The number of methoxy groups -OCH3 is 2. The number of hydrogen-bond donors (Lipinski definition) is 1. The van der Waals surface area contributed by atoms with Crippen molar-refractivity contribution >= 4 is 17.5 Å². The molecule has 1 aromatic carbocycles. The molecule has 8 heteroatoms. The number of imidazole rings is 1. The maximum Gasteiger partial charge on any atom is 0.229 e. The van der Waals surface area contributed by atoms with E-state index in [2.05, 4.69) is 28.7 Å². The molecule has 0 spiro atoms. The Balaban J connectivity index is 1.49. The minimum atomic E-state index is 0.192. The first-order chi connectivity index (χ1) is 16.0. The molecule has 2 unspecified atom stereocenters. The van der Waals surface area contributed by atoms with Crippen LogP contribution in [0.5, 0.6) is 5.75 Å². The maximum atomic E-state index is 5.66. The largest absolute Gasteiger partial charge is 0.494 e. The monoisotopic (exact) mass is 446 g/mol. The van der Waals surface area contributed by atoms with Crippen LogP contribution in [0.15, 0.2) is 42.9 Å². The number of anilines is 3. The number of hydrogen-bond acceptors (Lipinski definition) is 7. The van der Waals surface area contributed by atoms with Gasteiger partial charge in [-0.1, -0.05) is 19.1 Å². The molecule has 2 atom stereocenters. The zero-order valence-electron chi connectivity index (χ0n) is 19.6. The Morgan fingerprint density at radius 1 is 1.24 bits per heavy atom. The van der Waals surface area contributed by atoms with Crippen LogP contribution in [0.3, 0.4) is 0 Å². The summed E-state index contributed by atoms with van der Waals surface area (Å²) >= 11 is 0. The van der Waals surface area contributed by atoms with Gasteiger partial charge in [-0.25, -0.2) is 9.97 Å². The molecule has 1 N–H and O–H groups in total. The standard InChI is InChI=1S/C25H30N6O2/c1-6-20-19-9-15(2)22-11-18(32-4)13-31(22)24(19)29-25(28-20)27-17-7-8-21(23(10-17)33-5)30-12-16(3)26-14-30/h7-8,10,12,14,18,22H,2,6,9,11,13H2,1,3-5H3,(H,27,28,29). The van der Waals surface area contributed by atoms with Crippen LogP contribution in [0.2, 0.25) is 0 Å². The zero-order chi connectivity index (χ0) is 23.1. The fourth-order valence-corrected chi connectivity index (χ4v) is 4.87. The first kappa shape index (κ1) is 21.5. The van der Waals surface area contributed by atoms with Crippen LogP contribution in [0.4, 0.5) is 17.5 Å². The number of nitrogens with one attached hydrogen (secondary N) is 1. The van der Waals surface area contributed by atoms with Crippen molar-refractivity contribution in [2.75, 3.05) is 31.0 Å². The molecule has 8 nitrogen and oxygen atoms in total. The molecule has 2 aromatic heterocycles. The van der Waals surface area contributed by atoms with E-state index in [0.717, 1.165) is 60.1 Å². The summed E-state index contributed by atoms with van der Waals surface area (Å²) in [4.78, 5) is 16.5. The van der Waals surface area contributed by atoms with Crippen molar-refractivity contribution in [3.8, 4) is 11.4 Å². The van der Waals surface area contributed by atoms with Crippen molar-refractivity contribution in [1.82, 2.24) is 19.5 Å². The Morgan fingerprint density at radius 2 is 2.09 bits per heavy atom. The lowest BCUT2D eigenvalue weighted by atomic mass is 9.92. The lowest BCUT2D eigenvalue weighted by molar-refractivity contribution is 0.119. The van der Waals surface area contributed by atoms with Crippen LogP contribution in [-0.4, -0.2) is 52.4 Å². The van der Waals surface area contributed by atoms with Gasteiger partial charge in [0.1, 0.15) is 11.6 Å². The highest BCUT2D eigenvalue weighted by Crippen LogP contribution is 2.40. The number of aromatic nitrogens is 4. The van der Waals surface area contributed by atoms with Gasteiger partial charge in [-0.15, -0.1) is 0 Å². The van der Waals surface area contributed by atoms with Crippen molar-refractivity contribution < 1.29 is 9.47 Å². The van der Waals surface area contributed by atoms with Crippen LogP contribution >= 0.6 is 0 Å². The quantitative estimate of drug-likeness (QED) is 0.574. The molecule has 0 saturated carbocycles. The molecule has 33 heavy (non-hydrogen) atoms. The fraction of sp³-hybridized carbons (Fsp3) is 0.400. The van der Waals surface area contributed by atoms with Gasteiger partial charge < -0.3 is 24.3 Å². The van der Waals surface area contributed by atoms with Gasteiger partial charge in [-0.2, -0.15) is 4.98 Å². The number of ether oxygens (including phenoxy) is 2. The SMILES string of the molecule is C=C1Cc2c(CC)nc(Nc3ccc(-n4cnc(C)c4)c(OC)c3)nc2N2CC(OC)CC12. The average molecular weight is 447 g/mol. The Hall–Kier alpha value is -3.39. The van der Waals surface area contributed by atoms with Gasteiger partial charge in [-0.3, -0.25) is 0 Å². The molecule has 172 valence electrons. The summed E-state index contributed by atoms with van der Waals surface area (Å²) in [7, 11) is 3.45. The molecule has 3 aromatic rings. The van der Waals surface area contributed by atoms with Gasteiger partial charge in [0.15, 0.2) is 0 Å². The van der Waals surface area contributed by atoms with E-state index in [0.29, 0.717) is 5.95 Å². The molecular weight excluding hydrogens is 416 g/mol. The normalized spacial score (nSPS) is 19.4. The van der Waals surface area contributed by atoms with E-state index in [9.17, 15) is 0 Å². The van der Waals surface area contributed by atoms with Crippen LogP contribution in [-0.2, 0) is 17.6 Å². The zero-order valence-corrected chi connectivity index (χ0v) is 19.6. The maximum absolute atomic E-state index is 5.66. The minimum absolute atomic E-state index is 0.192. The summed E-state index contributed by atoms with van der Waals surface area (Å²) in [5, 5.41) is 3.40. The van der Waals surface area contributed by atoms with Crippen molar-refractivity contribution in [2.24, 2.45) is 0 Å². The third-order valence-electron chi connectivity index (χ3n) is 6.57. The third-order valence-corrected chi connectivity index (χ3v) is 6.57. The first-order valence-electron chi connectivity index (χ1n) is 11.3. The smallest absolute Gasteiger partial charge is 0.229 e. The fourth-order valence-electron chi connectivity index (χ4n) is 4.87. The van der Waals surface area contributed by atoms with E-state index >= 15 is 0 Å². The molecular formula is C25H30N6O2. The van der Waals surface area contributed by atoms with E-state index in [4.69, 9.17) is 19.4 Å². The van der Waals surface area contributed by atoms with E-state index in [1.54, 1.807) is 20.5 Å². The molecule has 2 aliphatic heterocycles. The molecule has 5 rings (SSSR count). The third kappa shape index (κ3) is 3.84. The van der Waals surface area contributed by atoms with Crippen LogP contribution in [0.1, 0.15) is 30.3 Å². The second-order valence-corrected chi connectivity index (χ2v) is 8.68. The Bertz CT molecular complexity index is 1200. The van der Waals surface area contributed by atoms with Gasteiger partial charge >= 0.3 is 0 Å². The summed E-state index contributed by atoms with van der Waals surface area (Å²) in [5.74, 6) is 2.33. The molecule has 0 bridgehead atoms. The van der Waals surface area contributed by atoms with Gasteiger partial charge in [0, 0.05) is 43.6 Å². The van der Waals surface area contributed by atoms with Gasteiger partial charge in [-0.05, 0) is 31.9 Å². The van der Waals surface area contributed by atoms with Crippen molar-refractivity contribution in [3.63, 3.8) is 0 Å².